The Balaban J connectivity index is 1.25. The van der Waals surface area contributed by atoms with Crippen LogP contribution in [0.1, 0.15) is 30.9 Å². The minimum atomic E-state index is -0.401. The smallest absolute Gasteiger partial charge is 0.248 e. The molecule has 1 atom stereocenters. The quantitative estimate of drug-likeness (QED) is 0.461. The zero-order chi connectivity index (χ0) is 22.9. The van der Waals surface area contributed by atoms with Crippen molar-refractivity contribution in [2.24, 2.45) is 0 Å². The van der Waals surface area contributed by atoms with Gasteiger partial charge in [0.1, 0.15) is 6.04 Å². The van der Waals surface area contributed by atoms with Crippen LogP contribution in [0.4, 0.5) is 29.5 Å². The van der Waals surface area contributed by atoms with Crippen LogP contribution in [-0.4, -0.2) is 79.9 Å². The van der Waals surface area contributed by atoms with Crippen LogP contribution in [0.3, 0.4) is 0 Å². The second-order valence-electron chi connectivity index (χ2n) is 8.54. The highest BCUT2D eigenvalue weighted by atomic mass is 16.5. The molecule has 1 amide bonds. The molecule has 0 bridgehead atoms. The predicted molar refractivity (Wildman–Crippen MR) is 123 cm³/mol. The number of anilines is 5. The summed E-state index contributed by atoms with van der Waals surface area (Å²) in [7, 11) is 0. The van der Waals surface area contributed by atoms with Crippen molar-refractivity contribution in [3.63, 3.8) is 0 Å². The second-order valence-corrected chi connectivity index (χ2v) is 8.54. The average molecular weight is 464 g/mol. The fourth-order valence-corrected chi connectivity index (χ4v) is 4.03. The fourth-order valence-electron chi connectivity index (χ4n) is 4.03. The van der Waals surface area contributed by atoms with E-state index < -0.39 is 6.04 Å². The minimum Gasteiger partial charge on any atom is -0.378 e. The molecule has 13 nitrogen and oxygen atoms in total. The highest BCUT2D eigenvalue weighted by Crippen LogP contribution is 2.39. The third-order valence-corrected chi connectivity index (χ3v) is 6.15. The molecule has 176 valence electrons. The average Bonchev–Trinajstić information content (AvgIpc) is 3.58. The van der Waals surface area contributed by atoms with E-state index in [-0.39, 0.29) is 5.91 Å². The molecular formula is C21H25N11O2. The Morgan fingerprint density at radius 3 is 2.62 bits per heavy atom. The first-order valence-corrected chi connectivity index (χ1v) is 11.5. The molecular weight excluding hydrogens is 438 g/mol. The van der Waals surface area contributed by atoms with Crippen LogP contribution in [0.15, 0.2) is 24.7 Å². The lowest BCUT2D eigenvalue weighted by atomic mass is 10.0. The highest BCUT2D eigenvalue weighted by Gasteiger charge is 2.37. The van der Waals surface area contributed by atoms with Crippen LogP contribution in [0.5, 0.6) is 0 Å². The first-order valence-electron chi connectivity index (χ1n) is 11.5. The molecule has 5 heterocycles. The first kappa shape index (κ1) is 20.7. The Bertz CT molecular complexity index is 1160. The Hall–Kier alpha value is -3.87. The Morgan fingerprint density at radius 2 is 1.88 bits per heavy atom. The largest absolute Gasteiger partial charge is 0.378 e. The van der Waals surface area contributed by atoms with Gasteiger partial charge in [0.25, 0.3) is 0 Å². The maximum atomic E-state index is 12.9. The molecule has 1 saturated carbocycles. The van der Waals surface area contributed by atoms with Gasteiger partial charge in [0, 0.05) is 49.7 Å². The lowest BCUT2D eigenvalue weighted by molar-refractivity contribution is -0.118. The number of morpholine rings is 1. The van der Waals surface area contributed by atoms with Crippen LogP contribution in [0, 0.1) is 0 Å². The summed E-state index contributed by atoms with van der Waals surface area (Å²) >= 11 is 0. The Labute approximate surface area is 195 Å². The van der Waals surface area contributed by atoms with E-state index in [1.165, 1.54) is 25.2 Å². The summed E-state index contributed by atoms with van der Waals surface area (Å²) in [6.45, 7) is 3.27. The summed E-state index contributed by atoms with van der Waals surface area (Å²) < 4.78 is 5.48. The summed E-state index contributed by atoms with van der Waals surface area (Å²) in [5.41, 5.74) is 1.12. The van der Waals surface area contributed by atoms with Gasteiger partial charge in [-0.05, 0) is 19.3 Å². The number of ether oxygens (including phenoxy) is 1. The number of hydrogen-bond acceptors (Lipinski definition) is 11. The maximum absolute atomic E-state index is 12.9. The molecule has 0 radical (unpaired) electrons. The van der Waals surface area contributed by atoms with Crippen LogP contribution in [0.25, 0.3) is 0 Å². The highest BCUT2D eigenvalue weighted by molar-refractivity contribution is 5.97. The van der Waals surface area contributed by atoms with Gasteiger partial charge in [-0.3, -0.25) is 14.9 Å². The molecule has 2 saturated heterocycles. The number of nitrogens with zero attached hydrogens (tertiary/aromatic N) is 8. The van der Waals surface area contributed by atoms with Gasteiger partial charge in [-0.15, -0.1) is 0 Å². The van der Waals surface area contributed by atoms with Crippen LogP contribution in [-0.2, 0) is 9.53 Å². The van der Waals surface area contributed by atoms with Crippen molar-refractivity contribution in [1.29, 1.82) is 0 Å². The number of nitrogens with one attached hydrogen (secondary N) is 3. The fraction of sp³-hybridized carbons (Fsp3) is 0.476. The van der Waals surface area contributed by atoms with Gasteiger partial charge >= 0.3 is 0 Å². The third-order valence-electron chi connectivity index (χ3n) is 6.15. The zero-order valence-electron chi connectivity index (χ0n) is 18.5. The molecule has 3 aromatic heterocycles. The van der Waals surface area contributed by atoms with E-state index in [0.29, 0.717) is 74.7 Å². The number of rotatable bonds is 7. The van der Waals surface area contributed by atoms with Gasteiger partial charge in [0.15, 0.2) is 11.6 Å². The number of H-pyrrole nitrogens is 1. The molecule has 2 aliphatic heterocycles. The van der Waals surface area contributed by atoms with Gasteiger partial charge in [-0.1, -0.05) is 0 Å². The molecule has 0 unspecified atom stereocenters. The van der Waals surface area contributed by atoms with Gasteiger partial charge in [0.2, 0.25) is 23.8 Å². The topological polar surface area (TPSA) is 150 Å². The summed E-state index contributed by atoms with van der Waals surface area (Å²) in [6, 6.07) is 1.60. The second kappa shape index (κ2) is 8.82. The molecule has 6 rings (SSSR count). The van der Waals surface area contributed by atoms with Crippen molar-refractivity contribution < 1.29 is 9.53 Å². The SMILES string of the molecule is O=C(Nc1cnccn1)[C@@H]1CCN1c1nc(Nc2cc(C3CC3)[nH]n2)nc(N2CCOCC2)n1. The Kier molecular flexibility index (Phi) is 5.37. The number of carbonyl (C=O) groups is 1. The lowest BCUT2D eigenvalue weighted by Gasteiger charge is -2.40. The van der Waals surface area contributed by atoms with Crippen molar-refractivity contribution in [3.8, 4) is 0 Å². The lowest BCUT2D eigenvalue weighted by Crippen LogP contribution is -2.55. The molecule has 34 heavy (non-hydrogen) atoms. The maximum Gasteiger partial charge on any atom is 0.248 e. The molecule has 0 spiro atoms. The van der Waals surface area contributed by atoms with E-state index in [4.69, 9.17) is 9.72 Å². The summed E-state index contributed by atoms with van der Waals surface area (Å²) in [5, 5.41) is 13.5. The zero-order valence-corrected chi connectivity index (χ0v) is 18.5. The van der Waals surface area contributed by atoms with Crippen LogP contribution < -0.4 is 20.4 Å². The number of hydrogen-bond donors (Lipinski definition) is 3. The number of aromatic nitrogens is 7. The predicted octanol–water partition coefficient (Wildman–Crippen LogP) is 1.06. The number of aromatic amines is 1. The van der Waals surface area contributed by atoms with E-state index in [1.807, 2.05) is 11.0 Å². The van der Waals surface area contributed by atoms with Crippen LogP contribution in [0.2, 0.25) is 0 Å². The van der Waals surface area contributed by atoms with Crippen molar-refractivity contribution in [1.82, 2.24) is 35.1 Å². The van der Waals surface area contributed by atoms with Crippen LogP contribution >= 0.6 is 0 Å². The van der Waals surface area contributed by atoms with E-state index in [1.54, 1.807) is 6.20 Å². The van der Waals surface area contributed by atoms with Gasteiger partial charge in [0.05, 0.1) is 19.4 Å². The normalized spacial score (nSPS) is 20.1. The van der Waals surface area contributed by atoms with E-state index >= 15 is 0 Å². The third kappa shape index (κ3) is 4.33. The number of amides is 1. The van der Waals surface area contributed by atoms with E-state index in [2.05, 4.69) is 45.7 Å². The van der Waals surface area contributed by atoms with Crippen molar-refractivity contribution in [3.05, 3.63) is 30.4 Å². The molecule has 3 aliphatic rings. The molecule has 0 aromatic carbocycles. The van der Waals surface area contributed by atoms with Gasteiger partial charge in [-0.2, -0.15) is 20.1 Å². The molecule has 3 aromatic rings. The molecule has 13 heteroatoms. The molecule has 3 N–H and O–H groups in total. The minimum absolute atomic E-state index is 0.170. The number of carbonyl (C=O) groups excluding carboxylic acids is 1. The van der Waals surface area contributed by atoms with Crippen molar-refractivity contribution in [2.75, 3.05) is 53.3 Å². The standard InChI is InChI=1S/C21H25N11O2/c33-18(24-17-12-22-4-5-23-17)15-3-6-32(15)21-27-19(25-16-11-14(29-30-16)13-1-2-13)26-20(28-21)31-7-9-34-10-8-31/h4-5,11-13,15H,1-3,6-10H2,(H,23,24,33)(H2,25,26,27,28,29,30)/t15-/m0/s1. The van der Waals surface area contributed by atoms with E-state index in [9.17, 15) is 4.79 Å². The molecule has 1 aliphatic carbocycles. The molecule has 3 fully saturated rings. The van der Waals surface area contributed by atoms with Crippen molar-refractivity contribution >= 4 is 35.4 Å². The van der Waals surface area contributed by atoms with Crippen molar-refractivity contribution in [2.45, 2.75) is 31.2 Å². The summed E-state index contributed by atoms with van der Waals surface area (Å²) in [6.07, 6.45) is 7.68. The van der Waals surface area contributed by atoms with E-state index in [0.717, 1.165) is 5.69 Å². The van der Waals surface area contributed by atoms with Gasteiger partial charge < -0.3 is 25.2 Å². The first-order chi connectivity index (χ1) is 16.7. The Morgan fingerprint density at radius 1 is 1.03 bits per heavy atom. The van der Waals surface area contributed by atoms with Gasteiger partial charge in [-0.25, -0.2) is 4.98 Å². The summed E-state index contributed by atoms with van der Waals surface area (Å²) in [4.78, 5) is 38.9. The monoisotopic (exact) mass is 463 g/mol. The summed E-state index contributed by atoms with van der Waals surface area (Å²) in [5.74, 6) is 2.85.